The van der Waals surface area contributed by atoms with Crippen LogP contribution in [0.25, 0.3) is 0 Å². The van der Waals surface area contributed by atoms with Crippen LogP contribution in [-0.4, -0.2) is 23.1 Å². The minimum Gasteiger partial charge on any atom is -0.298 e. The molecule has 0 saturated heterocycles. The van der Waals surface area contributed by atoms with E-state index in [0.29, 0.717) is 25.7 Å². The Hall–Kier alpha value is -2.36. The maximum Gasteiger partial charge on any atom is 0.168 e. The van der Waals surface area contributed by atoms with Crippen LogP contribution in [0, 0.1) is 34.0 Å². The van der Waals surface area contributed by atoms with Crippen molar-refractivity contribution >= 4 is 23.1 Å². The summed E-state index contributed by atoms with van der Waals surface area (Å²) in [5.74, 6) is -3.14. The third-order valence-corrected chi connectivity index (χ3v) is 9.14. The number of hydrogen-bond acceptors (Lipinski definition) is 4. The van der Waals surface area contributed by atoms with Crippen molar-refractivity contribution in [1.29, 1.82) is 0 Å². The van der Waals surface area contributed by atoms with E-state index in [1.165, 1.54) is 0 Å². The lowest BCUT2D eigenvalue weighted by molar-refractivity contribution is -0.190. The van der Waals surface area contributed by atoms with Crippen molar-refractivity contribution in [2.45, 2.75) is 115 Å². The van der Waals surface area contributed by atoms with Crippen molar-refractivity contribution in [2.75, 3.05) is 0 Å². The Morgan fingerprint density at radius 2 is 1.31 bits per heavy atom. The van der Waals surface area contributed by atoms with Gasteiger partial charge in [0.15, 0.2) is 28.5 Å². The minimum atomic E-state index is -1.83. The number of ketones is 4. The van der Waals surface area contributed by atoms with Crippen molar-refractivity contribution in [3.8, 4) is 0 Å². The average Bonchev–Trinajstić information content (AvgIpc) is 2.81. The van der Waals surface area contributed by atoms with Gasteiger partial charge in [-0.2, -0.15) is 0 Å². The second kappa shape index (κ2) is 12.4. The Morgan fingerprint density at radius 3 is 1.79 bits per heavy atom. The first-order chi connectivity index (χ1) is 18.0. The molecule has 0 amide bonds. The van der Waals surface area contributed by atoms with Gasteiger partial charge in [0.05, 0.1) is 11.3 Å². The first-order valence-corrected chi connectivity index (χ1v) is 14.7. The molecule has 4 nitrogen and oxygen atoms in total. The summed E-state index contributed by atoms with van der Waals surface area (Å²) in [4.78, 5) is 58.7. The van der Waals surface area contributed by atoms with Crippen LogP contribution in [0.3, 0.4) is 0 Å². The van der Waals surface area contributed by atoms with Crippen LogP contribution in [0.1, 0.15) is 115 Å². The third-order valence-electron chi connectivity index (χ3n) is 9.14. The summed E-state index contributed by atoms with van der Waals surface area (Å²) in [7, 11) is 0. The molecule has 2 rings (SSSR count). The lowest BCUT2D eigenvalue weighted by Gasteiger charge is -2.62. The maximum atomic E-state index is 15.0. The summed E-state index contributed by atoms with van der Waals surface area (Å²) in [6, 6.07) is 0. The zero-order chi connectivity index (χ0) is 29.9. The molecule has 2 aliphatic rings. The van der Waals surface area contributed by atoms with Crippen molar-refractivity contribution in [3.63, 3.8) is 0 Å². The molecule has 5 atom stereocenters. The Bertz CT molecular complexity index is 1110. The second-order valence-electron chi connectivity index (χ2n) is 13.6. The fourth-order valence-corrected chi connectivity index (χ4v) is 6.93. The summed E-state index contributed by atoms with van der Waals surface area (Å²) < 4.78 is 0. The Kier molecular flexibility index (Phi) is 10.5. The third kappa shape index (κ3) is 5.91. The van der Waals surface area contributed by atoms with E-state index < -0.39 is 39.6 Å². The molecule has 0 aromatic carbocycles. The minimum absolute atomic E-state index is 0.166. The standard InChI is InChI=1S/C35H52O4/c1-22(2)13-12-19-33(11)27(16-14-23(3)4)21-34(20-18-25(7)8)30(37)28(17-15-24(5)6)31(38)35(33,32(34)39)29(36)26(9)10/h13-15,18,26-28H,12,16-17,19-21H2,1-11H3/t27-,28?,33+,34?,35-/m0/s1. The quantitative estimate of drug-likeness (QED) is 0.196. The average molecular weight is 537 g/mol. The summed E-state index contributed by atoms with van der Waals surface area (Å²) >= 11 is 0. The van der Waals surface area contributed by atoms with Crippen molar-refractivity contribution in [3.05, 3.63) is 46.6 Å². The first kappa shape index (κ1) is 32.8. The van der Waals surface area contributed by atoms with E-state index in [9.17, 15) is 19.2 Å². The van der Waals surface area contributed by atoms with Crippen LogP contribution >= 0.6 is 0 Å². The topological polar surface area (TPSA) is 68.3 Å². The Morgan fingerprint density at radius 1 is 0.795 bits per heavy atom. The van der Waals surface area contributed by atoms with Crippen molar-refractivity contribution in [2.24, 2.45) is 34.0 Å². The van der Waals surface area contributed by atoms with Gasteiger partial charge >= 0.3 is 0 Å². The molecule has 0 aromatic rings. The van der Waals surface area contributed by atoms with Gasteiger partial charge in [-0.05, 0) is 105 Å². The monoisotopic (exact) mass is 536 g/mol. The number of allylic oxidation sites excluding steroid dienone is 8. The summed E-state index contributed by atoms with van der Waals surface area (Å²) in [5.41, 5.74) is 0.221. The van der Waals surface area contributed by atoms with Crippen molar-refractivity contribution in [1.82, 2.24) is 0 Å². The van der Waals surface area contributed by atoms with E-state index in [1.807, 2.05) is 74.5 Å². The molecule has 0 aliphatic heterocycles. The molecular weight excluding hydrogens is 484 g/mol. The van der Waals surface area contributed by atoms with Crippen LogP contribution in [0.15, 0.2) is 46.6 Å². The summed E-state index contributed by atoms with van der Waals surface area (Å²) in [6.45, 7) is 21.5. The van der Waals surface area contributed by atoms with Gasteiger partial charge in [0.2, 0.25) is 0 Å². The fraction of sp³-hybridized carbons (Fsp3) is 0.657. The zero-order valence-electron chi connectivity index (χ0n) is 26.4. The van der Waals surface area contributed by atoms with Crippen LogP contribution in [0.5, 0.6) is 0 Å². The number of fused-ring (bicyclic) bond motifs is 2. The molecular formula is C35H52O4. The van der Waals surface area contributed by atoms with E-state index in [4.69, 9.17) is 0 Å². The molecule has 0 aromatic heterocycles. The van der Waals surface area contributed by atoms with Crippen LogP contribution in [0.2, 0.25) is 0 Å². The molecule has 2 bridgehead atoms. The number of carbonyl (C=O) groups excluding carboxylic acids is 4. The summed E-state index contributed by atoms with van der Waals surface area (Å²) in [5, 5.41) is 0. The molecule has 2 saturated carbocycles. The summed E-state index contributed by atoms with van der Waals surface area (Å²) in [6.07, 6.45) is 10.8. The lowest BCUT2D eigenvalue weighted by Crippen LogP contribution is -2.75. The molecule has 0 radical (unpaired) electrons. The highest BCUT2D eigenvalue weighted by Crippen LogP contribution is 2.66. The predicted octanol–water partition coefficient (Wildman–Crippen LogP) is 8.36. The number of carbonyl (C=O) groups is 4. The molecule has 0 heterocycles. The number of hydrogen-bond donors (Lipinski definition) is 0. The normalized spacial score (nSPS) is 30.1. The van der Waals surface area contributed by atoms with E-state index in [1.54, 1.807) is 13.8 Å². The molecule has 2 fully saturated rings. The van der Waals surface area contributed by atoms with Crippen LogP contribution < -0.4 is 0 Å². The molecule has 4 heteroatoms. The molecule has 39 heavy (non-hydrogen) atoms. The lowest BCUT2D eigenvalue weighted by atomic mass is 9.36. The first-order valence-electron chi connectivity index (χ1n) is 14.7. The number of Topliss-reactive ketones (excluding diaryl/α,β-unsaturated/α-hetero) is 4. The van der Waals surface area contributed by atoms with E-state index in [0.717, 1.165) is 22.3 Å². The zero-order valence-corrected chi connectivity index (χ0v) is 26.4. The van der Waals surface area contributed by atoms with Gasteiger partial charge in [-0.3, -0.25) is 19.2 Å². The predicted molar refractivity (Wildman–Crippen MR) is 160 cm³/mol. The largest absolute Gasteiger partial charge is 0.298 e. The molecule has 216 valence electrons. The molecule has 0 spiro atoms. The Labute approximate surface area is 237 Å². The van der Waals surface area contributed by atoms with Crippen LogP contribution in [0.4, 0.5) is 0 Å². The van der Waals surface area contributed by atoms with E-state index in [-0.39, 0.29) is 30.3 Å². The van der Waals surface area contributed by atoms with Gasteiger partial charge in [-0.15, -0.1) is 0 Å². The highest BCUT2D eigenvalue weighted by Gasteiger charge is 2.77. The van der Waals surface area contributed by atoms with Crippen molar-refractivity contribution < 1.29 is 19.2 Å². The van der Waals surface area contributed by atoms with Gasteiger partial charge in [0, 0.05) is 5.92 Å². The fourth-order valence-electron chi connectivity index (χ4n) is 6.93. The number of rotatable bonds is 11. The highest BCUT2D eigenvalue weighted by molar-refractivity contribution is 6.38. The molecule has 0 N–H and O–H groups in total. The maximum absolute atomic E-state index is 15.0. The van der Waals surface area contributed by atoms with Gasteiger partial charge in [0.1, 0.15) is 0 Å². The van der Waals surface area contributed by atoms with Gasteiger partial charge in [0.25, 0.3) is 0 Å². The smallest absolute Gasteiger partial charge is 0.168 e. The SMILES string of the molecule is CC(C)=CCC[C@]1(C)[C@@H](CC=C(C)C)CC2(CC=C(C)C)C(=O)C(CC=C(C)C)C(=O)[C@@]1(C(=O)C(C)C)C2=O. The second-order valence-corrected chi connectivity index (χ2v) is 13.6. The molecule has 2 unspecified atom stereocenters. The van der Waals surface area contributed by atoms with Gasteiger partial charge < -0.3 is 0 Å². The van der Waals surface area contributed by atoms with Crippen LogP contribution in [-0.2, 0) is 19.2 Å². The van der Waals surface area contributed by atoms with Gasteiger partial charge in [-0.1, -0.05) is 67.4 Å². The van der Waals surface area contributed by atoms with Gasteiger partial charge in [-0.25, -0.2) is 0 Å². The van der Waals surface area contributed by atoms with E-state index >= 15 is 0 Å². The molecule has 2 aliphatic carbocycles. The Balaban J connectivity index is 3.04. The van der Waals surface area contributed by atoms with E-state index in [2.05, 4.69) is 12.2 Å². The highest BCUT2D eigenvalue weighted by atomic mass is 16.2.